The molecule has 20 heavy (non-hydrogen) atoms. The second-order valence-corrected chi connectivity index (χ2v) is 5.73. The number of hydrogen-bond donors (Lipinski definition) is 3. The smallest absolute Gasteiger partial charge is 0.319 e. The largest absolute Gasteiger partial charge is 0.481 e. The van der Waals surface area contributed by atoms with Gasteiger partial charge in [-0.2, -0.15) is 0 Å². The number of anilines is 1. The first-order chi connectivity index (χ1) is 9.59. The molecule has 1 aromatic carbocycles. The first-order valence-electron chi connectivity index (χ1n) is 6.99. The summed E-state index contributed by atoms with van der Waals surface area (Å²) >= 11 is 0. The molecule has 106 valence electrons. The average Bonchev–Trinajstić information content (AvgIpc) is 3.08. The summed E-state index contributed by atoms with van der Waals surface area (Å²) in [6.07, 6.45) is 4.63. The van der Waals surface area contributed by atoms with Crippen molar-refractivity contribution in [3.8, 4) is 0 Å². The SMILES string of the molecule is O=C(NCC1(C(=O)O)CC1)Nc1ccc2c(c1)CCC2. The second-order valence-electron chi connectivity index (χ2n) is 5.73. The Labute approximate surface area is 117 Å². The highest BCUT2D eigenvalue weighted by Gasteiger charge is 2.50. The van der Waals surface area contributed by atoms with Crippen molar-refractivity contribution in [3.05, 3.63) is 29.3 Å². The third kappa shape index (κ3) is 2.48. The van der Waals surface area contributed by atoms with Crippen LogP contribution in [0.15, 0.2) is 18.2 Å². The number of carboxylic acids is 1. The summed E-state index contributed by atoms with van der Waals surface area (Å²) in [5.41, 5.74) is 2.70. The minimum absolute atomic E-state index is 0.194. The standard InChI is InChI=1S/C15H18N2O3/c18-13(19)15(6-7-15)9-16-14(20)17-12-5-4-10-2-1-3-11(10)8-12/h4-5,8H,1-3,6-7,9H2,(H,18,19)(H2,16,17,20). The van der Waals surface area contributed by atoms with Crippen LogP contribution in [0.1, 0.15) is 30.4 Å². The molecule has 2 aliphatic rings. The van der Waals surface area contributed by atoms with E-state index in [-0.39, 0.29) is 12.6 Å². The van der Waals surface area contributed by atoms with Gasteiger partial charge in [-0.05, 0) is 55.4 Å². The van der Waals surface area contributed by atoms with E-state index in [1.165, 1.54) is 17.5 Å². The Bertz CT molecular complexity index is 564. The Balaban J connectivity index is 1.55. The molecule has 0 aliphatic heterocycles. The number of urea groups is 1. The maximum Gasteiger partial charge on any atom is 0.319 e. The lowest BCUT2D eigenvalue weighted by atomic mass is 10.1. The van der Waals surface area contributed by atoms with Crippen LogP contribution in [-0.4, -0.2) is 23.7 Å². The molecular formula is C15H18N2O3. The highest BCUT2D eigenvalue weighted by molar-refractivity contribution is 5.90. The van der Waals surface area contributed by atoms with Gasteiger partial charge in [0.15, 0.2) is 0 Å². The van der Waals surface area contributed by atoms with Gasteiger partial charge in [-0.3, -0.25) is 4.79 Å². The maximum atomic E-state index is 11.8. The Hall–Kier alpha value is -2.04. The molecule has 0 saturated heterocycles. The molecule has 2 aliphatic carbocycles. The number of benzene rings is 1. The lowest BCUT2D eigenvalue weighted by molar-refractivity contribution is -0.143. The Kier molecular flexibility index (Phi) is 3.12. The highest BCUT2D eigenvalue weighted by atomic mass is 16.4. The number of hydrogen-bond acceptors (Lipinski definition) is 2. The summed E-state index contributed by atoms with van der Waals surface area (Å²) in [4.78, 5) is 22.8. The van der Waals surface area contributed by atoms with Crippen LogP contribution in [0.25, 0.3) is 0 Å². The number of aliphatic carboxylic acids is 1. The van der Waals surface area contributed by atoms with E-state index in [2.05, 4.69) is 16.7 Å². The van der Waals surface area contributed by atoms with Crippen molar-refractivity contribution >= 4 is 17.7 Å². The molecule has 1 aromatic rings. The Morgan fingerprint density at radius 3 is 2.65 bits per heavy atom. The van der Waals surface area contributed by atoms with Gasteiger partial charge in [0.25, 0.3) is 0 Å². The number of rotatable bonds is 4. The summed E-state index contributed by atoms with van der Waals surface area (Å²) < 4.78 is 0. The Morgan fingerprint density at radius 2 is 1.95 bits per heavy atom. The molecule has 3 rings (SSSR count). The summed E-state index contributed by atoms with van der Waals surface area (Å²) in [5, 5.41) is 14.5. The number of fused-ring (bicyclic) bond motifs is 1. The van der Waals surface area contributed by atoms with E-state index in [4.69, 9.17) is 5.11 Å². The lowest BCUT2D eigenvalue weighted by Crippen LogP contribution is -2.36. The molecule has 0 unspecified atom stereocenters. The summed E-state index contributed by atoms with van der Waals surface area (Å²) in [6.45, 7) is 0.194. The van der Waals surface area contributed by atoms with Gasteiger partial charge in [-0.15, -0.1) is 0 Å². The van der Waals surface area contributed by atoms with E-state index in [0.29, 0.717) is 12.8 Å². The number of aryl methyl sites for hydroxylation is 2. The second kappa shape index (κ2) is 4.81. The fourth-order valence-corrected chi connectivity index (χ4v) is 2.69. The zero-order chi connectivity index (χ0) is 14.2. The minimum Gasteiger partial charge on any atom is -0.481 e. The third-order valence-corrected chi connectivity index (χ3v) is 4.25. The molecule has 0 aromatic heterocycles. The fraction of sp³-hybridized carbons (Fsp3) is 0.467. The van der Waals surface area contributed by atoms with Crippen LogP contribution in [0.5, 0.6) is 0 Å². The normalized spacial score (nSPS) is 18.2. The van der Waals surface area contributed by atoms with Crippen molar-refractivity contribution in [3.63, 3.8) is 0 Å². The molecule has 0 atom stereocenters. The number of nitrogens with one attached hydrogen (secondary N) is 2. The van der Waals surface area contributed by atoms with Crippen LogP contribution in [0.2, 0.25) is 0 Å². The van der Waals surface area contributed by atoms with Crippen LogP contribution in [0.3, 0.4) is 0 Å². The fourth-order valence-electron chi connectivity index (χ4n) is 2.69. The molecular weight excluding hydrogens is 256 g/mol. The van der Waals surface area contributed by atoms with Gasteiger partial charge in [0.2, 0.25) is 0 Å². The quantitative estimate of drug-likeness (QED) is 0.787. The molecule has 5 nitrogen and oxygen atoms in total. The summed E-state index contributed by atoms with van der Waals surface area (Å²) in [6, 6.07) is 5.62. The van der Waals surface area contributed by atoms with Gasteiger partial charge in [-0.25, -0.2) is 4.79 Å². The minimum atomic E-state index is -0.824. The number of carbonyl (C=O) groups excluding carboxylic acids is 1. The third-order valence-electron chi connectivity index (χ3n) is 4.25. The molecule has 2 amide bonds. The molecule has 3 N–H and O–H groups in total. The van der Waals surface area contributed by atoms with Gasteiger partial charge in [0, 0.05) is 12.2 Å². The maximum absolute atomic E-state index is 11.8. The van der Waals surface area contributed by atoms with Crippen LogP contribution in [0, 0.1) is 5.41 Å². The zero-order valence-corrected chi connectivity index (χ0v) is 11.2. The number of amides is 2. The summed E-state index contributed by atoms with van der Waals surface area (Å²) in [7, 11) is 0. The number of carbonyl (C=O) groups is 2. The van der Waals surface area contributed by atoms with E-state index in [9.17, 15) is 9.59 Å². The van der Waals surface area contributed by atoms with Gasteiger partial charge in [0.05, 0.1) is 5.41 Å². The van der Waals surface area contributed by atoms with Crippen molar-refractivity contribution in [2.75, 3.05) is 11.9 Å². The lowest BCUT2D eigenvalue weighted by Gasteiger charge is -2.12. The van der Waals surface area contributed by atoms with Crippen LogP contribution in [0.4, 0.5) is 10.5 Å². The molecule has 0 heterocycles. The van der Waals surface area contributed by atoms with Crippen molar-refractivity contribution in [1.82, 2.24) is 5.32 Å². The van der Waals surface area contributed by atoms with Crippen LogP contribution in [-0.2, 0) is 17.6 Å². The number of carboxylic acid groups (broad SMARTS) is 1. The zero-order valence-electron chi connectivity index (χ0n) is 11.2. The summed E-state index contributed by atoms with van der Waals surface area (Å²) in [5.74, 6) is -0.824. The monoisotopic (exact) mass is 274 g/mol. The van der Waals surface area contributed by atoms with Gasteiger partial charge in [0.1, 0.15) is 0 Å². The van der Waals surface area contributed by atoms with Gasteiger partial charge in [-0.1, -0.05) is 6.07 Å². The first-order valence-corrected chi connectivity index (χ1v) is 6.99. The molecule has 0 bridgehead atoms. The van der Waals surface area contributed by atoms with E-state index < -0.39 is 11.4 Å². The van der Waals surface area contributed by atoms with Gasteiger partial charge < -0.3 is 15.7 Å². The molecule has 1 saturated carbocycles. The van der Waals surface area contributed by atoms with Crippen molar-refractivity contribution < 1.29 is 14.7 Å². The highest BCUT2D eigenvalue weighted by Crippen LogP contribution is 2.45. The predicted octanol–water partition coefficient (Wildman–Crippen LogP) is 2.16. The topological polar surface area (TPSA) is 78.4 Å². The van der Waals surface area contributed by atoms with E-state index in [0.717, 1.165) is 18.5 Å². The molecule has 0 radical (unpaired) electrons. The Morgan fingerprint density at radius 1 is 1.20 bits per heavy atom. The predicted molar refractivity (Wildman–Crippen MR) is 74.8 cm³/mol. The van der Waals surface area contributed by atoms with E-state index >= 15 is 0 Å². The van der Waals surface area contributed by atoms with Gasteiger partial charge >= 0.3 is 12.0 Å². The molecule has 0 spiro atoms. The van der Waals surface area contributed by atoms with Crippen LogP contribution >= 0.6 is 0 Å². The molecule has 1 fully saturated rings. The van der Waals surface area contributed by atoms with E-state index in [1.54, 1.807) is 0 Å². The first kappa shape index (κ1) is 13.0. The van der Waals surface area contributed by atoms with Crippen molar-refractivity contribution in [2.24, 2.45) is 5.41 Å². The average molecular weight is 274 g/mol. The van der Waals surface area contributed by atoms with Crippen LogP contribution < -0.4 is 10.6 Å². The molecule has 5 heteroatoms. The van der Waals surface area contributed by atoms with Crippen molar-refractivity contribution in [2.45, 2.75) is 32.1 Å². The van der Waals surface area contributed by atoms with E-state index in [1.807, 2.05) is 12.1 Å². The van der Waals surface area contributed by atoms with Crippen molar-refractivity contribution in [1.29, 1.82) is 0 Å².